The topological polar surface area (TPSA) is 66.4 Å². The second-order valence-corrected chi connectivity index (χ2v) is 9.25. The van der Waals surface area contributed by atoms with Gasteiger partial charge in [-0.1, -0.05) is 105 Å². The molecule has 1 atom stereocenters. The van der Waals surface area contributed by atoms with Gasteiger partial charge in [0, 0.05) is 12.5 Å². The molecule has 0 saturated heterocycles. The SMILES string of the molecule is CCCCCCCCCCCCCCC(CC(=O)O)C(=O)NCC(C)(C)C. The molecule has 0 aromatic rings. The van der Waals surface area contributed by atoms with Crippen LogP contribution in [0.1, 0.15) is 118 Å². The molecule has 0 aromatic heterocycles. The number of unbranched alkanes of at least 4 members (excludes halogenated alkanes) is 11. The summed E-state index contributed by atoms with van der Waals surface area (Å²) < 4.78 is 0. The van der Waals surface area contributed by atoms with Crippen molar-refractivity contribution in [1.29, 1.82) is 0 Å². The average Bonchev–Trinajstić information content (AvgIpc) is 2.58. The van der Waals surface area contributed by atoms with Crippen molar-refractivity contribution in [1.82, 2.24) is 5.32 Å². The van der Waals surface area contributed by atoms with E-state index < -0.39 is 11.9 Å². The summed E-state index contributed by atoms with van der Waals surface area (Å²) in [5, 5.41) is 12.0. The van der Waals surface area contributed by atoms with Gasteiger partial charge in [0.15, 0.2) is 0 Å². The third kappa shape index (κ3) is 18.1. The standard InChI is InChI=1S/C23H45NO3/c1-5-6-7-8-9-10-11-12-13-14-15-16-17-20(18-21(25)26)22(27)24-19-23(2,3)4/h20H,5-19H2,1-4H3,(H,24,27)(H,25,26). The predicted octanol–water partition coefficient (Wildman–Crippen LogP) is 6.33. The van der Waals surface area contributed by atoms with Crippen molar-refractivity contribution in [3.8, 4) is 0 Å². The van der Waals surface area contributed by atoms with E-state index in [1.54, 1.807) is 0 Å². The van der Waals surface area contributed by atoms with Crippen molar-refractivity contribution >= 4 is 11.9 Å². The molecule has 0 rings (SSSR count). The minimum Gasteiger partial charge on any atom is -0.481 e. The number of carboxylic acids is 1. The maximum Gasteiger partial charge on any atom is 0.304 e. The molecule has 1 amide bonds. The molecule has 0 aliphatic rings. The van der Waals surface area contributed by atoms with Gasteiger partial charge in [-0.2, -0.15) is 0 Å². The van der Waals surface area contributed by atoms with E-state index in [4.69, 9.17) is 5.11 Å². The Balaban J connectivity index is 3.78. The second kappa shape index (κ2) is 15.9. The molecule has 0 radical (unpaired) electrons. The van der Waals surface area contributed by atoms with Gasteiger partial charge in [0.25, 0.3) is 0 Å². The van der Waals surface area contributed by atoms with Crippen LogP contribution in [0.25, 0.3) is 0 Å². The van der Waals surface area contributed by atoms with Crippen LogP contribution in [0.3, 0.4) is 0 Å². The van der Waals surface area contributed by atoms with E-state index >= 15 is 0 Å². The number of carbonyl (C=O) groups excluding carboxylic acids is 1. The Hall–Kier alpha value is -1.06. The van der Waals surface area contributed by atoms with Crippen molar-refractivity contribution in [2.24, 2.45) is 11.3 Å². The first kappa shape index (κ1) is 25.9. The third-order valence-corrected chi connectivity index (χ3v) is 4.99. The maximum atomic E-state index is 12.3. The number of hydrogen-bond acceptors (Lipinski definition) is 2. The number of carboxylic acid groups (broad SMARTS) is 1. The Morgan fingerprint density at radius 3 is 1.67 bits per heavy atom. The van der Waals surface area contributed by atoms with Gasteiger partial charge in [-0.05, 0) is 11.8 Å². The summed E-state index contributed by atoms with van der Waals surface area (Å²) in [5.74, 6) is -1.38. The number of amides is 1. The van der Waals surface area contributed by atoms with Crippen LogP contribution in [0.4, 0.5) is 0 Å². The van der Waals surface area contributed by atoms with E-state index in [0.29, 0.717) is 13.0 Å². The summed E-state index contributed by atoms with van der Waals surface area (Å²) in [7, 11) is 0. The second-order valence-electron chi connectivity index (χ2n) is 9.25. The maximum absolute atomic E-state index is 12.3. The Morgan fingerprint density at radius 1 is 0.815 bits per heavy atom. The number of aliphatic carboxylic acids is 1. The molecular formula is C23H45NO3. The highest BCUT2D eigenvalue weighted by molar-refractivity contribution is 5.83. The third-order valence-electron chi connectivity index (χ3n) is 4.99. The molecule has 2 N–H and O–H groups in total. The summed E-state index contributed by atoms with van der Waals surface area (Å²) in [6, 6.07) is 0. The van der Waals surface area contributed by atoms with Crippen molar-refractivity contribution in [2.75, 3.05) is 6.54 Å². The zero-order chi connectivity index (χ0) is 20.5. The van der Waals surface area contributed by atoms with Crippen LogP contribution in [0.15, 0.2) is 0 Å². The lowest BCUT2D eigenvalue weighted by Crippen LogP contribution is -2.37. The Kier molecular flexibility index (Phi) is 15.3. The Labute approximate surface area is 167 Å². The fourth-order valence-corrected chi connectivity index (χ4v) is 3.26. The molecule has 4 nitrogen and oxygen atoms in total. The van der Waals surface area contributed by atoms with Crippen molar-refractivity contribution in [2.45, 2.75) is 118 Å². The first-order valence-corrected chi connectivity index (χ1v) is 11.3. The average molecular weight is 384 g/mol. The van der Waals surface area contributed by atoms with Gasteiger partial charge in [0.05, 0.1) is 6.42 Å². The predicted molar refractivity (Wildman–Crippen MR) is 114 cm³/mol. The lowest BCUT2D eigenvalue weighted by Gasteiger charge is -2.21. The zero-order valence-electron chi connectivity index (χ0n) is 18.4. The van der Waals surface area contributed by atoms with Crippen LogP contribution in [0.5, 0.6) is 0 Å². The van der Waals surface area contributed by atoms with Crippen LogP contribution in [0.2, 0.25) is 0 Å². The minimum atomic E-state index is -0.884. The normalized spacial score (nSPS) is 12.7. The fourth-order valence-electron chi connectivity index (χ4n) is 3.26. The van der Waals surface area contributed by atoms with Gasteiger partial charge in [0.2, 0.25) is 5.91 Å². The quantitative estimate of drug-likeness (QED) is 0.288. The van der Waals surface area contributed by atoms with Crippen molar-refractivity contribution < 1.29 is 14.7 Å². The molecule has 0 fully saturated rings. The van der Waals surface area contributed by atoms with Gasteiger partial charge < -0.3 is 10.4 Å². The molecule has 0 heterocycles. The van der Waals surface area contributed by atoms with Gasteiger partial charge >= 0.3 is 5.97 Å². The first-order valence-electron chi connectivity index (χ1n) is 11.3. The first-order chi connectivity index (χ1) is 12.8. The van der Waals surface area contributed by atoms with Gasteiger partial charge in [-0.15, -0.1) is 0 Å². The number of carbonyl (C=O) groups is 2. The number of rotatable bonds is 17. The highest BCUT2D eigenvalue weighted by Crippen LogP contribution is 2.18. The Morgan fingerprint density at radius 2 is 1.26 bits per heavy atom. The highest BCUT2D eigenvalue weighted by Gasteiger charge is 2.22. The molecule has 0 aliphatic carbocycles. The van der Waals surface area contributed by atoms with Crippen molar-refractivity contribution in [3.05, 3.63) is 0 Å². The van der Waals surface area contributed by atoms with Crippen molar-refractivity contribution in [3.63, 3.8) is 0 Å². The van der Waals surface area contributed by atoms with E-state index in [9.17, 15) is 9.59 Å². The van der Waals surface area contributed by atoms with Gasteiger partial charge in [-0.25, -0.2) is 0 Å². The summed E-state index contributed by atoms with van der Waals surface area (Å²) in [6.45, 7) is 9.02. The number of nitrogens with one attached hydrogen (secondary N) is 1. The molecule has 0 saturated carbocycles. The molecule has 1 unspecified atom stereocenters. The summed E-state index contributed by atoms with van der Waals surface area (Å²) in [4.78, 5) is 23.3. The minimum absolute atomic E-state index is 0.0133. The number of hydrogen-bond donors (Lipinski definition) is 2. The zero-order valence-corrected chi connectivity index (χ0v) is 18.4. The van der Waals surface area contributed by atoms with E-state index in [0.717, 1.165) is 12.8 Å². The highest BCUT2D eigenvalue weighted by atomic mass is 16.4. The van der Waals surface area contributed by atoms with Crippen LogP contribution in [-0.2, 0) is 9.59 Å². The fraction of sp³-hybridized carbons (Fsp3) is 0.913. The smallest absolute Gasteiger partial charge is 0.304 e. The van der Waals surface area contributed by atoms with Crippen LogP contribution >= 0.6 is 0 Å². The van der Waals surface area contributed by atoms with E-state index in [2.05, 4.69) is 33.0 Å². The molecule has 0 spiro atoms. The largest absolute Gasteiger partial charge is 0.481 e. The molecule has 0 bridgehead atoms. The van der Waals surface area contributed by atoms with Gasteiger partial charge in [0.1, 0.15) is 0 Å². The lowest BCUT2D eigenvalue weighted by molar-refractivity contribution is -0.141. The van der Waals surface area contributed by atoms with Crippen LogP contribution in [0, 0.1) is 11.3 Å². The molecule has 27 heavy (non-hydrogen) atoms. The molecule has 4 heteroatoms. The van der Waals surface area contributed by atoms with Gasteiger partial charge in [-0.3, -0.25) is 9.59 Å². The summed E-state index contributed by atoms with van der Waals surface area (Å²) >= 11 is 0. The Bertz CT molecular complexity index is 388. The molecule has 0 aromatic carbocycles. The lowest BCUT2D eigenvalue weighted by atomic mass is 9.94. The molecule has 160 valence electrons. The monoisotopic (exact) mass is 383 g/mol. The summed E-state index contributed by atoms with van der Waals surface area (Å²) in [5.41, 5.74) is 0.0133. The van der Waals surface area contributed by atoms with E-state index in [1.165, 1.54) is 64.2 Å². The van der Waals surface area contributed by atoms with E-state index in [1.807, 2.05) is 0 Å². The molecule has 0 aliphatic heterocycles. The van der Waals surface area contributed by atoms with Crippen LogP contribution in [-0.4, -0.2) is 23.5 Å². The van der Waals surface area contributed by atoms with E-state index in [-0.39, 0.29) is 17.7 Å². The summed E-state index contributed by atoms with van der Waals surface area (Å²) in [6.07, 6.45) is 15.9. The van der Waals surface area contributed by atoms with Crippen LogP contribution < -0.4 is 5.32 Å². The molecular weight excluding hydrogens is 338 g/mol.